The summed E-state index contributed by atoms with van der Waals surface area (Å²) in [6.07, 6.45) is 3.43. The maximum Gasteiger partial charge on any atom is 0.211 e. The molecule has 4 nitrogen and oxygen atoms in total. The van der Waals surface area contributed by atoms with E-state index in [0.29, 0.717) is 24.9 Å². The number of nitrogens with one attached hydrogen (secondary N) is 1. The average molecular weight is 248 g/mol. The van der Waals surface area contributed by atoms with Crippen LogP contribution in [-0.2, 0) is 10.0 Å². The molecular formula is C11H24N2O2S. The Kier molecular flexibility index (Phi) is 5.21. The third kappa shape index (κ3) is 4.39. The van der Waals surface area contributed by atoms with E-state index in [-0.39, 0.29) is 11.7 Å². The van der Waals surface area contributed by atoms with Gasteiger partial charge in [0.15, 0.2) is 0 Å². The molecule has 1 aliphatic carbocycles. The molecule has 0 radical (unpaired) electrons. The minimum Gasteiger partial charge on any atom is -0.330 e. The Hall–Kier alpha value is -0.130. The molecule has 0 aromatic carbocycles. The molecule has 96 valence electrons. The first-order valence-corrected chi connectivity index (χ1v) is 7.77. The molecule has 5 heteroatoms. The van der Waals surface area contributed by atoms with Gasteiger partial charge in [-0.2, -0.15) is 0 Å². The zero-order chi connectivity index (χ0) is 12.2. The van der Waals surface area contributed by atoms with Gasteiger partial charge >= 0.3 is 0 Å². The van der Waals surface area contributed by atoms with E-state index in [1.54, 1.807) is 0 Å². The molecule has 16 heavy (non-hydrogen) atoms. The molecule has 0 spiro atoms. The predicted molar refractivity (Wildman–Crippen MR) is 66.5 cm³/mol. The van der Waals surface area contributed by atoms with Crippen molar-refractivity contribution in [1.29, 1.82) is 0 Å². The lowest BCUT2D eigenvalue weighted by atomic mass is 9.97. The summed E-state index contributed by atoms with van der Waals surface area (Å²) in [5.74, 6) is 1.33. The van der Waals surface area contributed by atoms with Crippen molar-refractivity contribution >= 4 is 10.0 Å². The molecular weight excluding hydrogens is 224 g/mol. The lowest BCUT2D eigenvalue weighted by Crippen LogP contribution is -2.35. The summed E-state index contributed by atoms with van der Waals surface area (Å²) in [6.45, 7) is 5.07. The minimum atomic E-state index is -3.09. The lowest BCUT2D eigenvalue weighted by molar-refractivity contribution is 0.392. The zero-order valence-corrected chi connectivity index (χ0v) is 11.1. The van der Waals surface area contributed by atoms with E-state index in [2.05, 4.69) is 4.72 Å². The largest absolute Gasteiger partial charge is 0.330 e. The smallest absolute Gasteiger partial charge is 0.211 e. The Morgan fingerprint density at radius 2 is 1.94 bits per heavy atom. The van der Waals surface area contributed by atoms with E-state index in [1.165, 1.54) is 6.42 Å². The van der Waals surface area contributed by atoms with Gasteiger partial charge < -0.3 is 5.73 Å². The maximum absolute atomic E-state index is 11.7. The number of hydrogen-bond donors (Lipinski definition) is 2. The molecule has 0 saturated heterocycles. The van der Waals surface area contributed by atoms with Gasteiger partial charge in [-0.15, -0.1) is 0 Å². The highest BCUT2D eigenvalue weighted by Crippen LogP contribution is 2.30. The average Bonchev–Trinajstić information content (AvgIpc) is 2.59. The van der Waals surface area contributed by atoms with Crippen molar-refractivity contribution in [2.24, 2.45) is 23.5 Å². The second-order valence-corrected chi connectivity index (χ2v) is 7.06. The summed E-state index contributed by atoms with van der Waals surface area (Å²) >= 11 is 0. The fourth-order valence-corrected chi connectivity index (χ4v) is 3.89. The van der Waals surface area contributed by atoms with Gasteiger partial charge in [-0.25, -0.2) is 13.1 Å². The van der Waals surface area contributed by atoms with Gasteiger partial charge in [0.25, 0.3) is 0 Å². The first-order valence-electron chi connectivity index (χ1n) is 6.12. The fourth-order valence-electron chi connectivity index (χ4n) is 2.42. The van der Waals surface area contributed by atoms with Gasteiger partial charge in [0, 0.05) is 6.54 Å². The molecule has 3 N–H and O–H groups in total. The van der Waals surface area contributed by atoms with E-state index in [0.717, 1.165) is 12.8 Å². The van der Waals surface area contributed by atoms with Gasteiger partial charge in [-0.3, -0.25) is 0 Å². The molecule has 0 bridgehead atoms. The Morgan fingerprint density at radius 3 is 2.50 bits per heavy atom. The third-order valence-electron chi connectivity index (χ3n) is 3.24. The molecule has 1 aliphatic rings. The summed E-state index contributed by atoms with van der Waals surface area (Å²) in [6, 6.07) is 0. The van der Waals surface area contributed by atoms with Crippen molar-refractivity contribution in [2.75, 3.05) is 18.8 Å². The summed E-state index contributed by atoms with van der Waals surface area (Å²) in [5.41, 5.74) is 5.67. The molecule has 0 aliphatic heterocycles. The number of rotatable bonds is 6. The molecule has 1 fully saturated rings. The van der Waals surface area contributed by atoms with Crippen LogP contribution in [0.25, 0.3) is 0 Å². The van der Waals surface area contributed by atoms with E-state index in [1.807, 2.05) is 13.8 Å². The van der Waals surface area contributed by atoms with Gasteiger partial charge in [0.2, 0.25) is 10.0 Å². The maximum atomic E-state index is 11.7. The molecule has 1 saturated carbocycles. The molecule has 2 unspecified atom stereocenters. The summed E-state index contributed by atoms with van der Waals surface area (Å²) < 4.78 is 26.0. The quantitative estimate of drug-likeness (QED) is 0.734. The van der Waals surface area contributed by atoms with Crippen LogP contribution in [0.1, 0.15) is 33.1 Å². The molecule has 0 amide bonds. The second-order valence-electron chi connectivity index (χ2n) is 5.21. The van der Waals surface area contributed by atoms with Crippen LogP contribution in [0.3, 0.4) is 0 Å². The normalized spacial score (nSPS) is 26.5. The van der Waals surface area contributed by atoms with Crippen LogP contribution in [0.4, 0.5) is 0 Å². The van der Waals surface area contributed by atoms with Crippen molar-refractivity contribution < 1.29 is 8.42 Å². The predicted octanol–water partition coefficient (Wildman–Crippen LogP) is 0.937. The lowest BCUT2D eigenvalue weighted by Gasteiger charge is -2.18. The van der Waals surface area contributed by atoms with Crippen molar-refractivity contribution in [3.8, 4) is 0 Å². The van der Waals surface area contributed by atoms with Crippen LogP contribution in [0, 0.1) is 17.8 Å². The van der Waals surface area contributed by atoms with Crippen LogP contribution in [-0.4, -0.2) is 27.3 Å². The van der Waals surface area contributed by atoms with Crippen molar-refractivity contribution in [3.05, 3.63) is 0 Å². The Balaban J connectivity index is 2.39. The van der Waals surface area contributed by atoms with Crippen molar-refractivity contribution in [2.45, 2.75) is 33.1 Å². The van der Waals surface area contributed by atoms with Gasteiger partial charge in [-0.05, 0) is 37.1 Å². The molecule has 0 aromatic rings. The van der Waals surface area contributed by atoms with Crippen molar-refractivity contribution in [1.82, 2.24) is 4.72 Å². The standard InChI is InChI=1S/C11H24N2O2S/c1-9(2)8-16(14,15)13-7-11-5-3-4-10(11)6-12/h9-11,13H,3-8,12H2,1-2H3. The van der Waals surface area contributed by atoms with Crippen LogP contribution < -0.4 is 10.5 Å². The first-order chi connectivity index (χ1) is 7.44. The van der Waals surface area contributed by atoms with Gasteiger partial charge in [-0.1, -0.05) is 20.3 Å². The number of sulfonamides is 1. The minimum absolute atomic E-state index is 0.173. The van der Waals surface area contributed by atoms with Crippen molar-refractivity contribution in [3.63, 3.8) is 0 Å². The highest BCUT2D eigenvalue weighted by Gasteiger charge is 2.27. The fraction of sp³-hybridized carbons (Fsp3) is 1.00. The Bertz CT molecular complexity index is 301. The monoisotopic (exact) mass is 248 g/mol. The Labute approximate surface area is 99.0 Å². The van der Waals surface area contributed by atoms with Gasteiger partial charge in [0.05, 0.1) is 5.75 Å². The summed E-state index contributed by atoms with van der Waals surface area (Å²) in [4.78, 5) is 0. The van der Waals surface area contributed by atoms with Gasteiger partial charge in [0.1, 0.15) is 0 Å². The SMILES string of the molecule is CC(C)CS(=O)(=O)NCC1CCCC1CN. The highest BCUT2D eigenvalue weighted by molar-refractivity contribution is 7.89. The van der Waals surface area contributed by atoms with E-state index < -0.39 is 10.0 Å². The number of nitrogens with two attached hydrogens (primary N) is 1. The highest BCUT2D eigenvalue weighted by atomic mass is 32.2. The van der Waals surface area contributed by atoms with Crippen LogP contribution in [0.2, 0.25) is 0 Å². The van der Waals surface area contributed by atoms with Crippen LogP contribution >= 0.6 is 0 Å². The molecule has 1 rings (SSSR count). The molecule has 0 heterocycles. The first kappa shape index (κ1) is 13.9. The molecule has 2 atom stereocenters. The number of hydrogen-bond acceptors (Lipinski definition) is 3. The summed E-state index contributed by atoms with van der Waals surface area (Å²) in [7, 11) is -3.09. The van der Waals surface area contributed by atoms with E-state index in [4.69, 9.17) is 5.73 Å². The summed E-state index contributed by atoms with van der Waals surface area (Å²) in [5, 5.41) is 0. The third-order valence-corrected chi connectivity index (χ3v) is 4.95. The zero-order valence-electron chi connectivity index (χ0n) is 10.3. The second kappa shape index (κ2) is 5.98. The Morgan fingerprint density at radius 1 is 1.31 bits per heavy atom. The van der Waals surface area contributed by atoms with Crippen LogP contribution in [0.5, 0.6) is 0 Å². The van der Waals surface area contributed by atoms with Crippen LogP contribution in [0.15, 0.2) is 0 Å². The topological polar surface area (TPSA) is 72.2 Å². The molecule has 0 aromatic heterocycles. The van der Waals surface area contributed by atoms with E-state index in [9.17, 15) is 8.42 Å². The van der Waals surface area contributed by atoms with E-state index >= 15 is 0 Å².